The number of hydrogen-bond acceptors (Lipinski definition) is 4. The molecule has 2 N–H and O–H groups in total. The van der Waals surface area contributed by atoms with E-state index < -0.39 is 0 Å². The van der Waals surface area contributed by atoms with Gasteiger partial charge in [0, 0.05) is 12.6 Å². The highest BCUT2D eigenvalue weighted by Crippen LogP contribution is 2.21. The molecular weight excluding hydrogens is 288 g/mol. The molecular formula is C15H25ClN4O. The van der Waals surface area contributed by atoms with Gasteiger partial charge in [0.25, 0.3) is 5.56 Å². The molecule has 0 radical (unpaired) electrons. The van der Waals surface area contributed by atoms with E-state index in [-0.39, 0.29) is 16.6 Å². The highest BCUT2D eigenvalue weighted by Gasteiger charge is 2.21. The standard InChI is InChI=1S/C15H25ClN4O/c1-10(2)9-20-15(21)14(16)13(8-18-20)19-11(3)12-5-4-6-17-7-12/h8,10-12,17,19H,4-7,9H2,1-3H3. The number of halogens is 1. The van der Waals surface area contributed by atoms with Crippen molar-refractivity contribution in [3.63, 3.8) is 0 Å². The average Bonchev–Trinajstić information content (AvgIpc) is 2.47. The van der Waals surface area contributed by atoms with Gasteiger partial charge in [-0.2, -0.15) is 5.10 Å². The Morgan fingerprint density at radius 3 is 2.90 bits per heavy atom. The SMILES string of the molecule is CC(C)Cn1ncc(NC(C)C2CCCNC2)c(Cl)c1=O. The van der Waals surface area contributed by atoms with Crippen LogP contribution in [0.25, 0.3) is 0 Å². The third kappa shape index (κ3) is 4.20. The normalized spacial score (nSPS) is 20.5. The molecule has 1 aliphatic rings. The number of nitrogens with one attached hydrogen (secondary N) is 2. The third-order valence-electron chi connectivity index (χ3n) is 3.95. The quantitative estimate of drug-likeness (QED) is 0.876. The van der Waals surface area contributed by atoms with E-state index >= 15 is 0 Å². The minimum absolute atomic E-state index is 0.218. The first kappa shape index (κ1) is 16.3. The molecule has 2 unspecified atom stereocenters. The Labute approximate surface area is 131 Å². The molecule has 0 aromatic carbocycles. The topological polar surface area (TPSA) is 59.0 Å². The molecule has 0 amide bonds. The van der Waals surface area contributed by atoms with Crippen molar-refractivity contribution in [3.05, 3.63) is 21.6 Å². The second kappa shape index (κ2) is 7.27. The monoisotopic (exact) mass is 312 g/mol. The summed E-state index contributed by atoms with van der Waals surface area (Å²) < 4.78 is 1.44. The smallest absolute Gasteiger partial charge is 0.287 e. The summed E-state index contributed by atoms with van der Waals surface area (Å²) in [6.45, 7) is 8.91. The summed E-state index contributed by atoms with van der Waals surface area (Å²) >= 11 is 6.21. The predicted molar refractivity (Wildman–Crippen MR) is 87.0 cm³/mol. The van der Waals surface area contributed by atoms with E-state index in [1.165, 1.54) is 17.5 Å². The number of nitrogens with zero attached hydrogens (tertiary/aromatic N) is 2. The summed E-state index contributed by atoms with van der Waals surface area (Å²) in [6, 6.07) is 0.262. The van der Waals surface area contributed by atoms with Crippen LogP contribution in [0.1, 0.15) is 33.6 Å². The molecule has 1 saturated heterocycles. The first-order valence-corrected chi connectivity index (χ1v) is 8.09. The Bertz CT molecular complexity index is 523. The second-order valence-electron chi connectivity index (χ2n) is 6.29. The maximum absolute atomic E-state index is 12.2. The maximum Gasteiger partial charge on any atom is 0.287 e. The zero-order chi connectivity index (χ0) is 15.4. The lowest BCUT2D eigenvalue weighted by molar-refractivity contribution is 0.347. The number of anilines is 1. The van der Waals surface area contributed by atoms with Crippen LogP contribution in [0.3, 0.4) is 0 Å². The first-order chi connectivity index (χ1) is 9.99. The molecule has 0 spiro atoms. The summed E-state index contributed by atoms with van der Waals surface area (Å²) in [4.78, 5) is 12.2. The van der Waals surface area contributed by atoms with Crippen molar-refractivity contribution in [3.8, 4) is 0 Å². The molecule has 5 nitrogen and oxygen atoms in total. The van der Waals surface area contributed by atoms with Gasteiger partial charge < -0.3 is 10.6 Å². The molecule has 2 rings (SSSR count). The molecule has 1 aromatic heterocycles. The number of rotatable bonds is 5. The van der Waals surface area contributed by atoms with Gasteiger partial charge in [-0.3, -0.25) is 4.79 Å². The number of aromatic nitrogens is 2. The van der Waals surface area contributed by atoms with Crippen molar-refractivity contribution in [1.29, 1.82) is 0 Å². The second-order valence-corrected chi connectivity index (χ2v) is 6.67. The molecule has 21 heavy (non-hydrogen) atoms. The van der Waals surface area contributed by atoms with Gasteiger partial charge in [0.05, 0.1) is 11.9 Å². The van der Waals surface area contributed by atoms with E-state index in [2.05, 4.69) is 22.7 Å². The zero-order valence-corrected chi connectivity index (χ0v) is 13.8. The van der Waals surface area contributed by atoms with Crippen molar-refractivity contribution in [1.82, 2.24) is 15.1 Å². The van der Waals surface area contributed by atoms with Crippen molar-refractivity contribution in [2.45, 2.75) is 46.2 Å². The molecule has 1 aromatic rings. The fourth-order valence-corrected chi connectivity index (χ4v) is 2.91. The van der Waals surface area contributed by atoms with Crippen LogP contribution < -0.4 is 16.2 Å². The van der Waals surface area contributed by atoms with Crippen molar-refractivity contribution in [2.75, 3.05) is 18.4 Å². The Hall–Kier alpha value is -1.07. The highest BCUT2D eigenvalue weighted by molar-refractivity contribution is 6.32. The molecule has 0 saturated carbocycles. The van der Waals surface area contributed by atoms with Crippen LogP contribution in [0.5, 0.6) is 0 Å². The van der Waals surface area contributed by atoms with E-state index in [0.29, 0.717) is 24.1 Å². The number of piperidine rings is 1. The maximum atomic E-state index is 12.2. The molecule has 1 aliphatic heterocycles. The number of hydrogen-bond donors (Lipinski definition) is 2. The van der Waals surface area contributed by atoms with Crippen molar-refractivity contribution in [2.24, 2.45) is 11.8 Å². The Morgan fingerprint density at radius 1 is 1.52 bits per heavy atom. The van der Waals surface area contributed by atoms with E-state index in [1.54, 1.807) is 6.20 Å². The largest absolute Gasteiger partial charge is 0.380 e. The fourth-order valence-electron chi connectivity index (χ4n) is 2.71. The molecule has 118 valence electrons. The van der Waals surface area contributed by atoms with Crippen LogP contribution in [0.2, 0.25) is 5.02 Å². The van der Waals surface area contributed by atoms with Gasteiger partial charge in [-0.15, -0.1) is 0 Å². The lowest BCUT2D eigenvalue weighted by Gasteiger charge is -2.29. The van der Waals surface area contributed by atoms with Crippen LogP contribution >= 0.6 is 11.6 Å². The van der Waals surface area contributed by atoms with Crippen LogP contribution in [0.15, 0.2) is 11.0 Å². The van der Waals surface area contributed by atoms with E-state index in [9.17, 15) is 4.79 Å². The molecule has 2 heterocycles. The first-order valence-electron chi connectivity index (χ1n) is 7.72. The van der Waals surface area contributed by atoms with Crippen LogP contribution in [-0.4, -0.2) is 28.9 Å². The van der Waals surface area contributed by atoms with Gasteiger partial charge in [-0.1, -0.05) is 25.4 Å². The van der Waals surface area contributed by atoms with Crippen LogP contribution in [0.4, 0.5) is 5.69 Å². The van der Waals surface area contributed by atoms with Gasteiger partial charge in [-0.05, 0) is 44.7 Å². The summed E-state index contributed by atoms with van der Waals surface area (Å²) in [5, 5.41) is 11.2. The Balaban J connectivity index is 2.09. The lowest BCUT2D eigenvalue weighted by atomic mass is 9.93. The summed E-state index contributed by atoms with van der Waals surface area (Å²) in [5.41, 5.74) is 0.420. The van der Waals surface area contributed by atoms with Crippen LogP contribution in [-0.2, 0) is 6.54 Å². The molecule has 2 atom stereocenters. The van der Waals surface area contributed by atoms with Crippen LogP contribution in [0, 0.1) is 11.8 Å². The minimum atomic E-state index is -0.218. The van der Waals surface area contributed by atoms with Gasteiger partial charge in [0.2, 0.25) is 0 Å². The Morgan fingerprint density at radius 2 is 2.29 bits per heavy atom. The van der Waals surface area contributed by atoms with Gasteiger partial charge in [0.1, 0.15) is 5.02 Å². The minimum Gasteiger partial charge on any atom is -0.380 e. The van der Waals surface area contributed by atoms with E-state index in [1.807, 2.05) is 13.8 Å². The fraction of sp³-hybridized carbons (Fsp3) is 0.733. The van der Waals surface area contributed by atoms with Gasteiger partial charge in [-0.25, -0.2) is 4.68 Å². The summed E-state index contributed by atoms with van der Waals surface area (Å²) in [7, 11) is 0. The van der Waals surface area contributed by atoms with Gasteiger partial charge in [0.15, 0.2) is 0 Å². The van der Waals surface area contributed by atoms with Crippen molar-refractivity contribution >= 4 is 17.3 Å². The van der Waals surface area contributed by atoms with Crippen molar-refractivity contribution < 1.29 is 0 Å². The molecule has 0 bridgehead atoms. The van der Waals surface area contributed by atoms with E-state index in [0.717, 1.165) is 13.1 Å². The summed E-state index contributed by atoms with van der Waals surface area (Å²) in [5.74, 6) is 0.908. The average molecular weight is 313 g/mol. The van der Waals surface area contributed by atoms with E-state index in [4.69, 9.17) is 11.6 Å². The molecule has 1 fully saturated rings. The zero-order valence-electron chi connectivity index (χ0n) is 13.0. The predicted octanol–water partition coefficient (Wildman–Crippen LogP) is 2.35. The molecule has 6 heteroatoms. The lowest BCUT2D eigenvalue weighted by Crippen LogP contribution is -2.39. The van der Waals surface area contributed by atoms with Gasteiger partial charge >= 0.3 is 0 Å². The molecule has 0 aliphatic carbocycles. The highest BCUT2D eigenvalue weighted by atomic mass is 35.5. The summed E-state index contributed by atoms with van der Waals surface area (Å²) in [6.07, 6.45) is 4.05. The Kier molecular flexibility index (Phi) is 5.65. The third-order valence-corrected chi connectivity index (χ3v) is 4.31.